The lowest BCUT2D eigenvalue weighted by Gasteiger charge is -2.24. The van der Waals surface area contributed by atoms with Crippen molar-refractivity contribution in [2.45, 2.75) is 53.9 Å². The van der Waals surface area contributed by atoms with Crippen LogP contribution in [0.15, 0.2) is 0 Å². The lowest BCUT2D eigenvalue weighted by Crippen LogP contribution is -2.31. The molecule has 1 aliphatic rings. The van der Waals surface area contributed by atoms with Crippen LogP contribution in [0, 0.1) is 11.3 Å². The summed E-state index contributed by atoms with van der Waals surface area (Å²) in [5, 5.41) is 0. The Morgan fingerprint density at radius 2 is 1.88 bits per heavy atom. The van der Waals surface area contributed by atoms with E-state index in [-0.39, 0.29) is 0 Å². The zero-order valence-corrected chi connectivity index (χ0v) is 12.9. The Balaban J connectivity index is 0.00000121. The normalized spacial score (nSPS) is 18.5. The van der Waals surface area contributed by atoms with Crippen molar-refractivity contribution in [2.24, 2.45) is 11.3 Å². The van der Waals surface area contributed by atoms with Crippen molar-refractivity contribution in [1.82, 2.24) is 4.90 Å². The van der Waals surface area contributed by atoms with Crippen molar-refractivity contribution in [1.29, 1.82) is 0 Å². The van der Waals surface area contributed by atoms with E-state index >= 15 is 0 Å². The van der Waals surface area contributed by atoms with Gasteiger partial charge < -0.3 is 9.64 Å². The van der Waals surface area contributed by atoms with Crippen LogP contribution >= 0.6 is 0 Å². The van der Waals surface area contributed by atoms with Gasteiger partial charge in [0.1, 0.15) is 0 Å². The average molecular weight is 243 g/mol. The Morgan fingerprint density at radius 1 is 1.29 bits per heavy atom. The van der Waals surface area contributed by atoms with E-state index < -0.39 is 0 Å². The highest BCUT2D eigenvalue weighted by molar-refractivity contribution is 4.90. The second kappa shape index (κ2) is 8.93. The molecule has 0 spiro atoms. The molecule has 0 aromatic carbocycles. The fourth-order valence-electron chi connectivity index (χ4n) is 2.10. The van der Waals surface area contributed by atoms with Gasteiger partial charge in [-0.1, -0.05) is 34.6 Å². The van der Waals surface area contributed by atoms with Gasteiger partial charge >= 0.3 is 0 Å². The molecule has 1 rings (SSSR count). The Kier molecular flexibility index (Phi) is 8.89. The molecule has 2 heteroatoms. The van der Waals surface area contributed by atoms with Gasteiger partial charge in [0.05, 0.1) is 6.61 Å². The van der Waals surface area contributed by atoms with Crippen molar-refractivity contribution in [2.75, 3.05) is 33.4 Å². The minimum atomic E-state index is 0.638. The summed E-state index contributed by atoms with van der Waals surface area (Å²) in [6, 6.07) is 0. The van der Waals surface area contributed by atoms with E-state index in [2.05, 4.69) is 32.7 Å². The average Bonchev–Trinajstić information content (AvgIpc) is 2.98. The Morgan fingerprint density at radius 3 is 2.35 bits per heavy atom. The zero-order chi connectivity index (χ0) is 13.3. The predicted molar refractivity (Wildman–Crippen MR) is 76.5 cm³/mol. The van der Waals surface area contributed by atoms with Crippen LogP contribution in [0.4, 0.5) is 0 Å². The van der Waals surface area contributed by atoms with Crippen LogP contribution < -0.4 is 0 Å². The van der Waals surface area contributed by atoms with E-state index in [0.717, 1.165) is 19.6 Å². The van der Waals surface area contributed by atoms with Crippen molar-refractivity contribution < 1.29 is 4.74 Å². The minimum absolute atomic E-state index is 0.638. The van der Waals surface area contributed by atoms with E-state index in [4.69, 9.17) is 4.74 Å². The van der Waals surface area contributed by atoms with E-state index in [1.165, 1.54) is 25.9 Å². The van der Waals surface area contributed by atoms with Gasteiger partial charge in [-0.2, -0.15) is 0 Å². The van der Waals surface area contributed by atoms with Gasteiger partial charge in [0.25, 0.3) is 0 Å². The smallest absolute Gasteiger partial charge is 0.0503 e. The molecule has 1 saturated carbocycles. The summed E-state index contributed by atoms with van der Waals surface area (Å²) in [5.41, 5.74) is 0.638. The van der Waals surface area contributed by atoms with Gasteiger partial charge in [-0.25, -0.2) is 0 Å². The molecule has 2 nitrogen and oxygen atoms in total. The highest BCUT2D eigenvalue weighted by atomic mass is 16.5. The Labute approximate surface area is 109 Å². The second-order valence-corrected chi connectivity index (χ2v) is 5.69. The fraction of sp³-hybridized carbons (Fsp3) is 1.00. The summed E-state index contributed by atoms with van der Waals surface area (Å²) in [6.07, 6.45) is 3.96. The number of hydrogen-bond donors (Lipinski definition) is 0. The molecule has 0 radical (unpaired) electrons. The first-order valence-electron chi connectivity index (χ1n) is 7.32. The van der Waals surface area contributed by atoms with Crippen molar-refractivity contribution in [3.63, 3.8) is 0 Å². The quantitative estimate of drug-likeness (QED) is 0.601. The van der Waals surface area contributed by atoms with Crippen molar-refractivity contribution in [3.05, 3.63) is 0 Å². The molecule has 0 heterocycles. The molecule has 0 aromatic heterocycles. The maximum Gasteiger partial charge on any atom is 0.0503 e. The third-order valence-corrected chi connectivity index (χ3v) is 3.13. The molecule has 1 unspecified atom stereocenters. The largest absolute Gasteiger partial charge is 0.381 e. The number of hydrogen-bond acceptors (Lipinski definition) is 2. The maximum absolute atomic E-state index is 5.56. The Hall–Kier alpha value is -0.0800. The monoisotopic (exact) mass is 243 g/mol. The summed E-state index contributed by atoms with van der Waals surface area (Å²) < 4.78 is 5.56. The van der Waals surface area contributed by atoms with Gasteiger partial charge in [-0.15, -0.1) is 0 Å². The lowest BCUT2D eigenvalue weighted by molar-refractivity contribution is 0.0894. The molecule has 1 atom stereocenters. The Bertz CT molecular complexity index is 178. The summed E-state index contributed by atoms with van der Waals surface area (Å²) in [5.74, 6) is 0.656. The van der Waals surface area contributed by atoms with Crippen molar-refractivity contribution in [3.8, 4) is 0 Å². The van der Waals surface area contributed by atoms with Gasteiger partial charge in [0.2, 0.25) is 0 Å². The first-order chi connectivity index (χ1) is 8.06. The van der Waals surface area contributed by atoms with Crippen LogP contribution in [0.1, 0.15) is 53.9 Å². The molecule has 104 valence electrons. The maximum atomic E-state index is 5.56. The SMILES string of the molecule is CC.CCCOCC(C)CN(C)CC1(C)CC1. The van der Waals surface area contributed by atoms with E-state index in [1.54, 1.807) is 0 Å². The minimum Gasteiger partial charge on any atom is -0.381 e. The third-order valence-electron chi connectivity index (χ3n) is 3.13. The molecule has 1 fully saturated rings. The predicted octanol–water partition coefficient (Wildman–Crippen LogP) is 3.81. The molecule has 0 N–H and O–H groups in total. The molecule has 0 saturated heterocycles. The van der Waals surface area contributed by atoms with Crippen molar-refractivity contribution >= 4 is 0 Å². The summed E-state index contributed by atoms with van der Waals surface area (Å²) in [6.45, 7) is 15.1. The van der Waals surface area contributed by atoms with Crippen LogP contribution in [0.2, 0.25) is 0 Å². The molecule has 0 bridgehead atoms. The van der Waals surface area contributed by atoms with Crippen LogP contribution in [0.5, 0.6) is 0 Å². The highest BCUT2D eigenvalue weighted by Gasteiger charge is 2.37. The summed E-state index contributed by atoms with van der Waals surface area (Å²) >= 11 is 0. The summed E-state index contributed by atoms with van der Waals surface area (Å²) in [7, 11) is 2.24. The highest BCUT2D eigenvalue weighted by Crippen LogP contribution is 2.45. The van der Waals surface area contributed by atoms with E-state index in [9.17, 15) is 0 Å². The van der Waals surface area contributed by atoms with Gasteiger partial charge in [-0.05, 0) is 37.6 Å². The fourth-order valence-corrected chi connectivity index (χ4v) is 2.10. The molecular weight excluding hydrogens is 210 g/mol. The van der Waals surface area contributed by atoms with E-state index in [0.29, 0.717) is 11.3 Å². The van der Waals surface area contributed by atoms with Gasteiger partial charge in [0.15, 0.2) is 0 Å². The third kappa shape index (κ3) is 8.62. The number of rotatable bonds is 8. The topological polar surface area (TPSA) is 12.5 Å². The molecule has 17 heavy (non-hydrogen) atoms. The first kappa shape index (κ1) is 16.9. The zero-order valence-electron chi connectivity index (χ0n) is 12.9. The lowest BCUT2D eigenvalue weighted by atomic mass is 10.1. The number of nitrogens with zero attached hydrogens (tertiary/aromatic N) is 1. The van der Waals surface area contributed by atoms with Crippen LogP contribution in [-0.2, 0) is 4.74 Å². The first-order valence-corrected chi connectivity index (χ1v) is 7.32. The number of ether oxygens (including phenoxy) is 1. The molecule has 0 aliphatic heterocycles. The van der Waals surface area contributed by atoms with E-state index in [1.807, 2.05) is 13.8 Å². The van der Waals surface area contributed by atoms with Gasteiger partial charge in [-0.3, -0.25) is 0 Å². The molecule has 1 aliphatic carbocycles. The standard InChI is InChI=1S/C13H27NO.C2H6/c1-5-8-15-10-12(2)9-14(4)11-13(3)6-7-13;1-2/h12H,5-11H2,1-4H3;1-2H3. The molecular formula is C15H33NO. The second-order valence-electron chi connectivity index (χ2n) is 5.69. The van der Waals surface area contributed by atoms with Gasteiger partial charge in [0, 0.05) is 19.7 Å². The van der Waals surface area contributed by atoms with Crippen LogP contribution in [0.25, 0.3) is 0 Å². The van der Waals surface area contributed by atoms with Crippen LogP contribution in [0.3, 0.4) is 0 Å². The summed E-state index contributed by atoms with van der Waals surface area (Å²) in [4.78, 5) is 2.47. The van der Waals surface area contributed by atoms with Crippen LogP contribution in [-0.4, -0.2) is 38.3 Å². The molecule has 0 aromatic rings. The molecule has 0 amide bonds.